The Morgan fingerprint density at radius 2 is 1.86 bits per heavy atom. The summed E-state index contributed by atoms with van der Waals surface area (Å²) in [5.74, 6) is 0.517. The third-order valence-electron chi connectivity index (χ3n) is 7.63. The largest absolute Gasteiger partial charge is 0.372 e. The molecule has 2 aliphatic rings. The number of pyridine rings is 1. The molecule has 8 heteroatoms. The van der Waals surface area contributed by atoms with Crippen molar-refractivity contribution in [3.05, 3.63) is 102 Å². The first kappa shape index (κ1) is 22.1. The Bertz CT molecular complexity index is 1610. The molecule has 184 valence electrons. The van der Waals surface area contributed by atoms with Gasteiger partial charge in [-0.3, -0.25) is 9.78 Å². The van der Waals surface area contributed by atoms with E-state index in [4.69, 9.17) is 9.84 Å². The quantitative estimate of drug-likeness (QED) is 0.392. The first-order chi connectivity index (χ1) is 18.2. The summed E-state index contributed by atoms with van der Waals surface area (Å²) >= 11 is 0. The van der Waals surface area contributed by atoms with Crippen LogP contribution in [-0.2, 0) is 10.2 Å². The van der Waals surface area contributed by atoms with Gasteiger partial charge in [0.25, 0.3) is 11.7 Å². The highest BCUT2D eigenvalue weighted by atomic mass is 16.5. The van der Waals surface area contributed by atoms with E-state index in [1.54, 1.807) is 6.20 Å². The maximum atomic E-state index is 12.7. The summed E-state index contributed by atoms with van der Waals surface area (Å²) in [6.07, 6.45) is 8.71. The van der Waals surface area contributed by atoms with Crippen molar-refractivity contribution < 1.29 is 9.53 Å². The number of nitrogens with zero attached hydrogens (tertiary/aromatic N) is 5. The molecule has 0 spiro atoms. The van der Waals surface area contributed by atoms with Crippen LogP contribution in [0, 0.1) is 0 Å². The summed E-state index contributed by atoms with van der Waals surface area (Å²) in [5, 5.41) is 9.25. The zero-order chi connectivity index (χ0) is 24.8. The van der Waals surface area contributed by atoms with Crippen LogP contribution in [0.2, 0.25) is 0 Å². The van der Waals surface area contributed by atoms with Crippen LogP contribution in [0.15, 0.2) is 79.3 Å². The fourth-order valence-corrected chi connectivity index (χ4v) is 5.44. The van der Waals surface area contributed by atoms with Gasteiger partial charge in [0.15, 0.2) is 0 Å². The molecular weight excluding hydrogens is 464 g/mol. The predicted octanol–water partition coefficient (Wildman–Crippen LogP) is 4.40. The molecule has 8 nitrogen and oxygen atoms in total. The van der Waals surface area contributed by atoms with E-state index in [-0.39, 0.29) is 23.5 Å². The van der Waals surface area contributed by atoms with E-state index in [0.29, 0.717) is 24.4 Å². The van der Waals surface area contributed by atoms with E-state index in [9.17, 15) is 4.79 Å². The first-order valence-electron chi connectivity index (χ1n) is 12.7. The third-order valence-corrected chi connectivity index (χ3v) is 7.63. The molecule has 4 heterocycles. The van der Waals surface area contributed by atoms with E-state index in [0.717, 1.165) is 41.6 Å². The van der Waals surface area contributed by atoms with Gasteiger partial charge < -0.3 is 10.1 Å². The molecule has 2 unspecified atom stereocenters. The van der Waals surface area contributed by atoms with E-state index in [1.165, 1.54) is 5.56 Å². The standard InChI is InChI=1S/C29H26N6O2/c36-27(19-5-2-1-3-6-19)33-22-10-14-37-25(16-22)24-17-31-28-32-18-26(35(28)34-24)29(11-12-29)21-8-9-23-20(15-21)7-4-13-30-23/h1-9,13,15,17-18,22,25H,10-12,14,16H2,(H,33,36). The van der Waals surface area contributed by atoms with Gasteiger partial charge in [-0.05, 0) is 61.6 Å². The Kier molecular flexibility index (Phi) is 5.21. The van der Waals surface area contributed by atoms with Gasteiger partial charge in [-0.25, -0.2) is 14.5 Å². The minimum absolute atomic E-state index is 0.00666. The first-order valence-corrected chi connectivity index (χ1v) is 12.7. The summed E-state index contributed by atoms with van der Waals surface area (Å²) in [6, 6.07) is 19.9. The molecule has 1 amide bonds. The summed E-state index contributed by atoms with van der Waals surface area (Å²) in [4.78, 5) is 26.3. The molecule has 1 saturated carbocycles. The van der Waals surface area contributed by atoms with Gasteiger partial charge >= 0.3 is 0 Å². The molecule has 1 N–H and O–H groups in total. The van der Waals surface area contributed by atoms with Crippen LogP contribution in [0.5, 0.6) is 0 Å². The molecule has 37 heavy (non-hydrogen) atoms. The lowest BCUT2D eigenvalue weighted by molar-refractivity contribution is -0.00236. The van der Waals surface area contributed by atoms with Gasteiger partial charge in [0.05, 0.1) is 23.6 Å². The van der Waals surface area contributed by atoms with Crippen molar-refractivity contribution in [3.63, 3.8) is 0 Å². The molecule has 2 atom stereocenters. The molecule has 1 saturated heterocycles. The number of nitrogens with one attached hydrogen (secondary N) is 1. The lowest BCUT2D eigenvalue weighted by Gasteiger charge is -2.29. The second-order valence-corrected chi connectivity index (χ2v) is 9.95. The van der Waals surface area contributed by atoms with Gasteiger partial charge in [0.1, 0.15) is 11.8 Å². The molecular formula is C29H26N6O2. The fourth-order valence-electron chi connectivity index (χ4n) is 5.44. The minimum Gasteiger partial charge on any atom is -0.372 e. The van der Waals surface area contributed by atoms with Crippen molar-refractivity contribution in [1.82, 2.24) is 29.9 Å². The van der Waals surface area contributed by atoms with Crippen molar-refractivity contribution in [1.29, 1.82) is 0 Å². The molecule has 2 fully saturated rings. The average molecular weight is 491 g/mol. The van der Waals surface area contributed by atoms with Crippen molar-refractivity contribution in [2.24, 2.45) is 0 Å². The van der Waals surface area contributed by atoms with Crippen LogP contribution >= 0.6 is 0 Å². The van der Waals surface area contributed by atoms with Crippen molar-refractivity contribution in [2.45, 2.75) is 43.2 Å². The minimum atomic E-state index is -0.246. The maximum Gasteiger partial charge on any atom is 0.251 e. The Balaban J connectivity index is 1.16. The molecule has 0 radical (unpaired) electrons. The van der Waals surface area contributed by atoms with Crippen LogP contribution in [0.25, 0.3) is 16.7 Å². The van der Waals surface area contributed by atoms with Gasteiger partial charge in [-0.15, -0.1) is 0 Å². The summed E-state index contributed by atoms with van der Waals surface area (Å²) in [5.41, 5.74) is 4.57. The van der Waals surface area contributed by atoms with Gasteiger partial charge in [-0.1, -0.05) is 30.3 Å². The second kappa shape index (κ2) is 8.74. The fraction of sp³-hybridized carbons (Fsp3) is 0.276. The normalized spacial score (nSPS) is 20.6. The monoisotopic (exact) mass is 490 g/mol. The van der Waals surface area contributed by atoms with E-state index < -0.39 is 0 Å². The Labute approximate surface area is 213 Å². The average Bonchev–Trinajstić information content (AvgIpc) is 3.65. The number of rotatable bonds is 5. The number of imidazole rings is 1. The second-order valence-electron chi connectivity index (χ2n) is 9.95. The van der Waals surface area contributed by atoms with Crippen molar-refractivity contribution >= 4 is 22.6 Å². The molecule has 7 rings (SSSR count). The number of ether oxygens (including phenoxy) is 1. The van der Waals surface area contributed by atoms with Crippen LogP contribution in [-0.4, -0.2) is 43.1 Å². The summed E-state index contributed by atoms with van der Waals surface area (Å²) in [7, 11) is 0. The summed E-state index contributed by atoms with van der Waals surface area (Å²) in [6.45, 7) is 0.552. The number of hydrogen-bond donors (Lipinski definition) is 1. The molecule has 3 aromatic heterocycles. The Hall–Kier alpha value is -4.17. The topological polar surface area (TPSA) is 94.3 Å². The van der Waals surface area contributed by atoms with Crippen LogP contribution < -0.4 is 5.32 Å². The van der Waals surface area contributed by atoms with Crippen LogP contribution in [0.4, 0.5) is 0 Å². The van der Waals surface area contributed by atoms with Gasteiger partial charge in [0.2, 0.25) is 0 Å². The number of hydrogen-bond acceptors (Lipinski definition) is 6. The zero-order valence-corrected chi connectivity index (χ0v) is 20.2. The Morgan fingerprint density at radius 3 is 2.73 bits per heavy atom. The highest BCUT2D eigenvalue weighted by Crippen LogP contribution is 2.53. The number of carbonyl (C=O) groups is 1. The number of amides is 1. The highest BCUT2D eigenvalue weighted by Gasteiger charge is 2.48. The van der Waals surface area contributed by atoms with E-state index in [1.807, 2.05) is 53.3 Å². The SMILES string of the molecule is O=C(NC1CCOC(c2cnc3ncc(C4(c5ccc6ncccc6c5)CC4)n3n2)C1)c1ccccc1. The number of fused-ring (bicyclic) bond motifs is 2. The molecule has 1 aliphatic heterocycles. The molecule has 1 aliphatic carbocycles. The third kappa shape index (κ3) is 3.94. The highest BCUT2D eigenvalue weighted by molar-refractivity contribution is 5.94. The molecule has 5 aromatic rings. The number of aromatic nitrogens is 5. The molecule has 2 aromatic carbocycles. The number of carbonyl (C=O) groups excluding carboxylic acids is 1. The van der Waals surface area contributed by atoms with Crippen molar-refractivity contribution in [2.75, 3.05) is 6.61 Å². The van der Waals surface area contributed by atoms with E-state index in [2.05, 4.69) is 44.5 Å². The smallest absolute Gasteiger partial charge is 0.251 e. The number of benzene rings is 2. The van der Waals surface area contributed by atoms with Crippen LogP contribution in [0.3, 0.4) is 0 Å². The predicted molar refractivity (Wildman–Crippen MR) is 138 cm³/mol. The van der Waals surface area contributed by atoms with Gasteiger partial charge in [0, 0.05) is 35.2 Å². The van der Waals surface area contributed by atoms with Gasteiger partial charge in [-0.2, -0.15) is 5.10 Å². The maximum absolute atomic E-state index is 12.7. The van der Waals surface area contributed by atoms with Crippen LogP contribution in [0.1, 0.15) is 59.1 Å². The lowest BCUT2D eigenvalue weighted by atomic mass is 9.91. The molecule has 0 bridgehead atoms. The zero-order valence-electron chi connectivity index (χ0n) is 20.2. The Morgan fingerprint density at radius 1 is 1.00 bits per heavy atom. The van der Waals surface area contributed by atoms with Crippen molar-refractivity contribution in [3.8, 4) is 0 Å². The van der Waals surface area contributed by atoms with E-state index >= 15 is 0 Å². The summed E-state index contributed by atoms with van der Waals surface area (Å²) < 4.78 is 7.97. The lowest BCUT2D eigenvalue weighted by Crippen LogP contribution is -2.40.